The SMILES string of the molecule is Cc1ccc(CCNc2ccc(Br)c(C)n2)cc1. The number of hydrogen-bond acceptors (Lipinski definition) is 2. The molecule has 2 aromatic rings. The van der Waals surface area contributed by atoms with E-state index in [1.165, 1.54) is 11.1 Å². The van der Waals surface area contributed by atoms with E-state index in [1.54, 1.807) is 0 Å². The Morgan fingerprint density at radius 1 is 1.06 bits per heavy atom. The summed E-state index contributed by atoms with van der Waals surface area (Å²) >= 11 is 3.45. The van der Waals surface area contributed by atoms with Crippen molar-refractivity contribution >= 4 is 21.7 Å². The van der Waals surface area contributed by atoms with Crippen molar-refractivity contribution in [2.45, 2.75) is 20.3 Å². The minimum atomic E-state index is 0.900. The van der Waals surface area contributed by atoms with Crippen molar-refractivity contribution < 1.29 is 0 Å². The molecule has 94 valence electrons. The third-order valence-corrected chi connectivity index (χ3v) is 3.70. The van der Waals surface area contributed by atoms with Gasteiger partial charge in [-0.15, -0.1) is 0 Å². The van der Waals surface area contributed by atoms with Crippen LogP contribution in [-0.2, 0) is 6.42 Å². The van der Waals surface area contributed by atoms with Gasteiger partial charge in [-0.05, 0) is 53.9 Å². The number of halogens is 1. The molecule has 0 bridgehead atoms. The van der Waals surface area contributed by atoms with E-state index in [4.69, 9.17) is 0 Å². The van der Waals surface area contributed by atoms with Crippen LogP contribution < -0.4 is 5.32 Å². The van der Waals surface area contributed by atoms with Crippen molar-refractivity contribution in [1.82, 2.24) is 4.98 Å². The quantitative estimate of drug-likeness (QED) is 0.919. The maximum absolute atomic E-state index is 4.46. The second-order valence-corrected chi connectivity index (χ2v) is 5.28. The first-order valence-electron chi connectivity index (χ1n) is 6.08. The number of pyridine rings is 1. The third kappa shape index (κ3) is 3.57. The number of nitrogens with one attached hydrogen (secondary N) is 1. The van der Waals surface area contributed by atoms with Crippen LogP contribution in [0.3, 0.4) is 0 Å². The van der Waals surface area contributed by atoms with E-state index < -0.39 is 0 Å². The molecule has 0 spiro atoms. The molecule has 0 amide bonds. The summed E-state index contributed by atoms with van der Waals surface area (Å²) in [6.45, 7) is 5.00. The summed E-state index contributed by atoms with van der Waals surface area (Å²) < 4.78 is 1.05. The van der Waals surface area contributed by atoms with Gasteiger partial charge in [-0.3, -0.25) is 0 Å². The zero-order chi connectivity index (χ0) is 13.0. The highest BCUT2D eigenvalue weighted by molar-refractivity contribution is 9.10. The highest BCUT2D eigenvalue weighted by atomic mass is 79.9. The van der Waals surface area contributed by atoms with E-state index in [1.807, 2.05) is 19.1 Å². The molecule has 3 heteroatoms. The number of hydrogen-bond donors (Lipinski definition) is 1. The van der Waals surface area contributed by atoms with Gasteiger partial charge in [-0.25, -0.2) is 4.98 Å². The van der Waals surface area contributed by atoms with Gasteiger partial charge in [-0.2, -0.15) is 0 Å². The zero-order valence-corrected chi connectivity index (χ0v) is 12.3. The van der Waals surface area contributed by atoms with E-state index in [9.17, 15) is 0 Å². The molecule has 2 rings (SSSR count). The number of aryl methyl sites for hydroxylation is 2. The molecule has 0 aliphatic rings. The zero-order valence-electron chi connectivity index (χ0n) is 10.7. The molecular formula is C15H17BrN2. The highest BCUT2D eigenvalue weighted by Gasteiger charge is 1.98. The number of nitrogens with zero attached hydrogens (tertiary/aromatic N) is 1. The van der Waals surface area contributed by atoms with Gasteiger partial charge in [0.1, 0.15) is 5.82 Å². The fourth-order valence-corrected chi connectivity index (χ4v) is 1.95. The summed E-state index contributed by atoms with van der Waals surface area (Å²) in [4.78, 5) is 4.46. The van der Waals surface area contributed by atoms with Crippen molar-refractivity contribution in [1.29, 1.82) is 0 Å². The lowest BCUT2D eigenvalue weighted by molar-refractivity contribution is 0.998. The second-order valence-electron chi connectivity index (χ2n) is 4.43. The van der Waals surface area contributed by atoms with Crippen molar-refractivity contribution in [3.05, 3.63) is 57.7 Å². The Balaban J connectivity index is 1.88. The maximum Gasteiger partial charge on any atom is 0.126 e. The van der Waals surface area contributed by atoms with Gasteiger partial charge in [0, 0.05) is 11.0 Å². The standard InChI is InChI=1S/C15H17BrN2/c1-11-3-5-13(6-4-11)9-10-17-15-8-7-14(16)12(2)18-15/h3-8H,9-10H2,1-2H3,(H,17,18). The van der Waals surface area contributed by atoms with Crippen molar-refractivity contribution in [2.75, 3.05) is 11.9 Å². The monoisotopic (exact) mass is 304 g/mol. The van der Waals surface area contributed by atoms with Crippen LogP contribution in [0.4, 0.5) is 5.82 Å². The molecule has 1 heterocycles. The predicted molar refractivity (Wildman–Crippen MR) is 80.0 cm³/mol. The van der Waals surface area contributed by atoms with Gasteiger partial charge in [0.05, 0.1) is 5.69 Å². The minimum Gasteiger partial charge on any atom is -0.370 e. The van der Waals surface area contributed by atoms with Crippen molar-refractivity contribution in [3.63, 3.8) is 0 Å². The number of anilines is 1. The smallest absolute Gasteiger partial charge is 0.126 e. The van der Waals surface area contributed by atoms with Gasteiger partial charge in [0.2, 0.25) is 0 Å². The van der Waals surface area contributed by atoms with Crippen LogP contribution in [0.1, 0.15) is 16.8 Å². The first-order valence-corrected chi connectivity index (χ1v) is 6.87. The molecule has 1 aromatic carbocycles. The van der Waals surface area contributed by atoms with Crippen LogP contribution >= 0.6 is 15.9 Å². The van der Waals surface area contributed by atoms with Crippen LogP contribution in [0.25, 0.3) is 0 Å². The highest BCUT2D eigenvalue weighted by Crippen LogP contribution is 2.16. The molecule has 18 heavy (non-hydrogen) atoms. The van der Waals surface area contributed by atoms with Crippen molar-refractivity contribution in [2.24, 2.45) is 0 Å². The molecule has 0 unspecified atom stereocenters. The van der Waals surface area contributed by atoms with Gasteiger partial charge in [0.15, 0.2) is 0 Å². The molecule has 0 aliphatic carbocycles. The van der Waals surface area contributed by atoms with Crippen molar-refractivity contribution in [3.8, 4) is 0 Å². The minimum absolute atomic E-state index is 0.900. The third-order valence-electron chi connectivity index (χ3n) is 2.86. The molecule has 0 atom stereocenters. The van der Waals surface area contributed by atoms with Gasteiger partial charge >= 0.3 is 0 Å². The average Bonchev–Trinajstić information content (AvgIpc) is 2.36. The van der Waals surface area contributed by atoms with Crippen LogP contribution in [0.5, 0.6) is 0 Å². The molecule has 0 radical (unpaired) electrons. The summed E-state index contributed by atoms with van der Waals surface area (Å²) in [5.74, 6) is 0.933. The van der Waals surface area contributed by atoms with Crippen LogP contribution in [-0.4, -0.2) is 11.5 Å². The van der Waals surface area contributed by atoms with E-state index in [0.717, 1.165) is 29.0 Å². The molecular weight excluding hydrogens is 288 g/mol. The second kappa shape index (κ2) is 6.01. The van der Waals surface area contributed by atoms with Crippen LogP contribution in [0.2, 0.25) is 0 Å². The Labute approximate surface area is 117 Å². The lowest BCUT2D eigenvalue weighted by atomic mass is 10.1. The molecule has 0 saturated heterocycles. The van der Waals surface area contributed by atoms with Crippen LogP contribution in [0, 0.1) is 13.8 Å². The largest absolute Gasteiger partial charge is 0.370 e. The summed E-state index contributed by atoms with van der Waals surface area (Å²) in [5.41, 5.74) is 3.66. The Morgan fingerprint density at radius 2 is 1.78 bits per heavy atom. The summed E-state index contributed by atoms with van der Waals surface area (Å²) in [7, 11) is 0. The maximum atomic E-state index is 4.46. The molecule has 0 saturated carbocycles. The fourth-order valence-electron chi connectivity index (χ4n) is 1.73. The summed E-state index contributed by atoms with van der Waals surface area (Å²) in [6.07, 6.45) is 1.01. The van der Waals surface area contributed by atoms with Gasteiger partial charge in [-0.1, -0.05) is 29.8 Å². The van der Waals surface area contributed by atoms with E-state index in [2.05, 4.69) is 57.4 Å². The van der Waals surface area contributed by atoms with Gasteiger partial charge < -0.3 is 5.32 Å². The normalized spacial score (nSPS) is 10.4. The number of benzene rings is 1. The Hall–Kier alpha value is -1.35. The summed E-state index contributed by atoms with van der Waals surface area (Å²) in [5, 5.41) is 3.34. The predicted octanol–water partition coefficient (Wildman–Crippen LogP) is 4.12. The first kappa shape index (κ1) is 13.1. The Bertz CT molecular complexity index is 521. The lowest BCUT2D eigenvalue weighted by Crippen LogP contribution is -2.06. The molecule has 0 aliphatic heterocycles. The molecule has 0 fully saturated rings. The average molecular weight is 305 g/mol. The van der Waals surface area contributed by atoms with E-state index in [-0.39, 0.29) is 0 Å². The first-order chi connectivity index (χ1) is 8.65. The molecule has 1 aromatic heterocycles. The summed E-state index contributed by atoms with van der Waals surface area (Å²) in [6, 6.07) is 12.7. The van der Waals surface area contributed by atoms with Gasteiger partial charge in [0.25, 0.3) is 0 Å². The Morgan fingerprint density at radius 3 is 2.44 bits per heavy atom. The van der Waals surface area contributed by atoms with E-state index >= 15 is 0 Å². The Kier molecular flexibility index (Phi) is 4.37. The number of aromatic nitrogens is 1. The lowest BCUT2D eigenvalue weighted by Gasteiger charge is -2.07. The fraction of sp³-hybridized carbons (Fsp3) is 0.267. The van der Waals surface area contributed by atoms with E-state index in [0.29, 0.717) is 0 Å². The topological polar surface area (TPSA) is 24.9 Å². The molecule has 1 N–H and O–H groups in total. The number of rotatable bonds is 4. The molecule has 2 nitrogen and oxygen atoms in total. The van der Waals surface area contributed by atoms with Crippen LogP contribution in [0.15, 0.2) is 40.9 Å².